The van der Waals surface area contributed by atoms with E-state index in [4.69, 9.17) is 0 Å². The lowest BCUT2D eigenvalue weighted by Crippen LogP contribution is -2.57. The number of carbonyl (C=O) groups is 1. The lowest BCUT2D eigenvalue weighted by Gasteiger charge is -2.38. The minimum absolute atomic E-state index is 0.244. The van der Waals surface area contributed by atoms with Crippen LogP contribution in [0.2, 0.25) is 0 Å². The van der Waals surface area contributed by atoms with Crippen LogP contribution in [0.3, 0.4) is 0 Å². The van der Waals surface area contributed by atoms with Crippen LogP contribution in [0.5, 0.6) is 0 Å². The number of amides is 1. The number of halogens is 3. The number of likely N-dealkylation sites (tertiary alicyclic amines) is 1. The lowest BCUT2D eigenvalue weighted by molar-refractivity contribution is -0.129. The summed E-state index contributed by atoms with van der Waals surface area (Å²) in [5.41, 5.74) is 0.975. The predicted octanol–water partition coefficient (Wildman–Crippen LogP) is 3.34. The Morgan fingerprint density at radius 2 is 2.25 bits per heavy atom. The number of benzene rings is 1. The molecule has 128 valence electrons. The third-order valence-electron chi connectivity index (χ3n) is 4.24. The molecule has 2 heterocycles. The van der Waals surface area contributed by atoms with Crippen molar-refractivity contribution >= 4 is 32.6 Å². The predicted molar refractivity (Wildman–Crippen MR) is 91.9 cm³/mol. The van der Waals surface area contributed by atoms with E-state index in [9.17, 15) is 13.6 Å². The molecule has 0 radical (unpaired) electrons. The van der Waals surface area contributed by atoms with Gasteiger partial charge in [-0.05, 0) is 39.4 Å². The molecule has 2 aromatic rings. The van der Waals surface area contributed by atoms with Gasteiger partial charge in [-0.15, -0.1) is 0 Å². The van der Waals surface area contributed by atoms with E-state index in [1.807, 2.05) is 18.2 Å². The first-order valence-electron chi connectivity index (χ1n) is 7.74. The molecule has 1 saturated heterocycles. The largest absolute Gasteiger partial charge is 0.347 e. The Bertz CT molecular complexity index is 769. The smallest absolute Gasteiger partial charge is 0.280 e. The van der Waals surface area contributed by atoms with Gasteiger partial charge in [0.1, 0.15) is 0 Å². The maximum atomic E-state index is 14.2. The Balaban J connectivity index is 1.73. The van der Waals surface area contributed by atoms with Crippen molar-refractivity contribution in [2.75, 3.05) is 13.1 Å². The van der Waals surface area contributed by atoms with Crippen molar-refractivity contribution < 1.29 is 13.6 Å². The van der Waals surface area contributed by atoms with Crippen molar-refractivity contribution in [2.24, 2.45) is 0 Å². The highest BCUT2D eigenvalue weighted by atomic mass is 79.9. The summed E-state index contributed by atoms with van der Waals surface area (Å²) in [6.07, 6.45) is 3.74. The summed E-state index contributed by atoms with van der Waals surface area (Å²) < 4.78 is 29.3. The highest BCUT2D eigenvalue weighted by molar-refractivity contribution is 9.10. The zero-order valence-corrected chi connectivity index (χ0v) is 14.8. The summed E-state index contributed by atoms with van der Waals surface area (Å²) in [6, 6.07) is 4.81. The number of carbonyl (C=O) groups excluding carboxylic acids is 1. The van der Waals surface area contributed by atoms with E-state index < -0.39 is 17.9 Å². The number of fused-ring (bicyclic) bond motifs is 1. The summed E-state index contributed by atoms with van der Waals surface area (Å²) >= 11 is 3.47. The standard InChI is InChI=1S/C17H18BrF2N3O/c1-11(24)22-16-4-5-23(10-17(16,19)20)9-12-2-3-13-7-21-8-15(18)14(13)6-12/h2-3,6-8,16H,4-5,9-10H2,1H3,(H,22,24). The lowest BCUT2D eigenvalue weighted by atomic mass is 9.99. The number of nitrogens with one attached hydrogen (secondary N) is 1. The van der Waals surface area contributed by atoms with Crippen molar-refractivity contribution in [3.8, 4) is 0 Å². The van der Waals surface area contributed by atoms with Gasteiger partial charge < -0.3 is 5.32 Å². The Hall–Kier alpha value is -1.60. The van der Waals surface area contributed by atoms with Gasteiger partial charge in [0.05, 0.1) is 12.6 Å². The third kappa shape index (κ3) is 3.72. The molecule has 1 unspecified atom stereocenters. The highest BCUT2D eigenvalue weighted by Gasteiger charge is 2.44. The first-order valence-corrected chi connectivity index (χ1v) is 8.54. The molecule has 7 heteroatoms. The second kappa shape index (κ2) is 6.72. The maximum absolute atomic E-state index is 14.2. The van der Waals surface area contributed by atoms with Crippen molar-refractivity contribution in [2.45, 2.75) is 31.9 Å². The number of piperidine rings is 1. The van der Waals surface area contributed by atoms with Crippen LogP contribution in [-0.4, -0.2) is 40.8 Å². The summed E-state index contributed by atoms with van der Waals surface area (Å²) in [4.78, 5) is 16.9. The topological polar surface area (TPSA) is 45.2 Å². The molecular weight excluding hydrogens is 380 g/mol. The van der Waals surface area contributed by atoms with Gasteiger partial charge in [-0.1, -0.05) is 12.1 Å². The Kier molecular flexibility index (Phi) is 4.83. The van der Waals surface area contributed by atoms with Gasteiger partial charge in [0.15, 0.2) is 0 Å². The quantitative estimate of drug-likeness (QED) is 0.863. The molecule has 1 N–H and O–H groups in total. The van der Waals surface area contributed by atoms with Crippen LogP contribution in [-0.2, 0) is 11.3 Å². The molecule has 0 bridgehead atoms. The fraction of sp³-hybridized carbons (Fsp3) is 0.412. The highest BCUT2D eigenvalue weighted by Crippen LogP contribution is 2.29. The van der Waals surface area contributed by atoms with E-state index in [0.717, 1.165) is 20.8 Å². The summed E-state index contributed by atoms with van der Waals surface area (Å²) in [6.45, 7) is 1.89. The fourth-order valence-corrected chi connectivity index (χ4v) is 3.56. The van der Waals surface area contributed by atoms with E-state index in [1.165, 1.54) is 6.92 Å². The van der Waals surface area contributed by atoms with Crippen LogP contribution in [0.15, 0.2) is 35.1 Å². The molecule has 3 rings (SSSR count). The number of pyridine rings is 1. The van der Waals surface area contributed by atoms with E-state index in [1.54, 1.807) is 17.3 Å². The molecule has 0 saturated carbocycles. The SMILES string of the molecule is CC(=O)NC1CCN(Cc2ccc3cncc(Br)c3c2)CC1(F)F. The van der Waals surface area contributed by atoms with Crippen molar-refractivity contribution in [1.82, 2.24) is 15.2 Å². The monoisotopic (exact) mass is 397 g/mol. The van der Waals surface area contributed by atoms with Gasteiger partial charge in [0, 0.05) is 42.3 Å². The van der Waals surface area contributed by atoms with Crippen molar-refractivity contribution in [1.29, 1.82) is 0 Å². The molecule has 1 fully saturated rings. The molecule has 1 aliphatic rings. The van der Waals surface area contributed by atoms with Crippen LogP contribution >= 0.6 is 15.9 Å². The summed E-state index contributed by atoms with van der Waals surface area (Å²) in [7, 11) is 0. The van der Waals surface area contributed by atoms with Crippen LogP contribution in [0, 0.1) is 0 Å². The molecule has 1 aliphatic heterocycles. The molecule has 0 spiro atoms. The van der Waals surface area contributed by atoms with Crippen LogP contribution in [0.4, 0.5) is 8.78 Å². The van der Waals surface area contributed by atoms with E-state index in [0.29, 0.717) is 13.1 Å². The Morgan fingerprint density at radius 3 is 2.96 bits per heavy atom. The first kappa shape index (κ1) is 17.2. The van der Waals surface area contributed by atoms with Gasteiger partial charge in [-0.3, -0.25) is 14.7 Å². The van der Waals surface area contributed by atoms with Gasteiger partial charge in [0.2, 0.25) is 5.91 Å². The molecule has 1 amide bonds. The second-order valence-electron chi connectivity index (χ2n) is 6.19. The van der Waals surface area contributed by atoms with Crippen molar-refractivity contribution in [3.05, 3.63) is 40.6 Å². The molecule has 24 heavy (non-hydrogen) atoms. The van der Waals surface area contributed by atoms with E-state index >= 15 is 0 Å². The number of aromatic nitrogens is 1. The Morgan fingerprint density at radius 1 is 1.46 bits per heavy atom. The average molecular weight is 398 g/mol. The first-order chi connectivity index (χ1) is 11.3. The molecular formula is C17H18BrF2N3O. The number of rotatable bonds is 3. The van der Waals surface area contributed by atoms with Crippen LogP contribution in [0.25, 0.3) is 10.8 Å². The second-order valence-corrected chi connectivity index (χ2v) is 7.04. The fourth-order valence-electron chi connectivity index (χ4n) is 3.10. The zero-order chi connectivity index (χ0) is 17.3. The summed E-state index contributed by atoms with van der Waals surface area (Å²) in [5.74, 6) is -3.34. The summed E-state index contributed by atoms with van der Waals surface area (Å²) in [5, 5.41) is 4.38. The van der Waals surface area contributed by atoms with Crippen LogP contribution in [0.1, 0.15) is 18.9 Å². The number of nitrogens with zero attached hydrogens (tertiary/aromatic N) is 2. The molecule has 1 aromatic heterocycles. The number of hydrogen-bond acceptors (Lipinski definition) is 3. The normalized spacial score (nSPS) is 20.9. The van der Waals surface area contributed by atoms with Crippen LogP contribution < -0.4 is 5.32 Å². The molecule has 1 atom stereocenters. The van der Waals surface area contributed by atoms with Gasteiger partial charge in [-0.2, -0.15) is 0 Å². The van der Waals surface area contributed by atoms with E-state index in [2.05, 4.69) is 26.2 Å². The van der Waals surface area contributed by atoms with Gasteiger partial charge in [-0.25, -0.2) is 8.78 Å². The number of hydrogen-bond donors (Lipinski definition) is 1. The molecule has 0 aliphatic carbocycles. The Labute approximate surface area is 147 Å². The number of alkyl halides is 2. The zero-order valence-electron chi connectivity index (χ0n) is 13.2. The van der Waals surface area contributed by atoms with E-state index in [-0.39, 0.29) is 13.0 Å². The minimum Gasteiger partial charge on any atom is -0.347 e. The van der Waals surface area contributed by atoms with Crippen molar-refractivity contribution in [3.63, 3.8) is 0 Å². The molecule has 1 aromatic carbocycles. The average Bonchev–Trinajstić information content (AvgIpc) is 2.50. The van der Waals surface area contributed by atoms with Gasteiger partial charge >= 0.3 is 0 Å². The minimum atomic E-state index is -2.93. The van der Waals surface area contributed by atoms with Gasteiger partial charge in [0.25, 0.3) is 5.92 Å². The third-order valence-corrected chi connectivity index (χ3v) is 4.87. The maximum Gasteiger partial charge on any atom is 0.280 e. The molecule has 4 nitrogen and oxygen atoms in total.